The Labute approximate surface area is 134 Å². The predicted octanol–water partition coefficient (Wildman–Crippen LogP) is 0.621. The Morgan fingerprint density at radius 3 is 1.37 bits per heavy atom. The van der Waals surface area contributed by atoms with Gasteiger partial charge in [0.2, 0.25) is 5.79 Å². The standard InChI is InChI=1S/C11H10N7.Y/c12-10-11(16-7-1-4-13-16,17-8-2-5-14-17)18-9-3-6-15-18;/h1-10H;/q-1;. The summed E-state index contributed by atoms with van der Waals surface area (Å²) in [5, 5.41) is 22.3. The van der Waals surface area contributed by atoms with Gasteiger partial charge in [0.15, 0.2) is 0 Å². The zero-order valence-electron chi connectivity index (χ0n) is 9.98. The van der Waals surface area contributed by atoms with Crippen LogP contribution in [0.1, 0.15) is 0 Å². The second-order valence-corrected chi connectivity index (χ2v) is 3.67. The Kier molecular flexibility index (Phi) is 4.06. The van der Waals surface area contributed by atoms with Crippen LogP contribution in [0.15, 0.2) is 55.4 Å². The zero-order chi connectivity index (χ0) is 12.4. The maximum absolute atomic E-state index is 9.78. The van der Waals surface area contributed by atoms with Gasteiger partial charge in [-0.3, -0.25) is 0 Å². The molecule has 3 aromatic heterocycles. The van der Waals surface area contributed by atoms with Gasteiger partial charge in [-0.05, 0) is 18.2 Å². The van der Waals surface area contributed by atoms with E-state index in [1.165, 1.54) is 0 Å². The van der Waals surface area contributed by atoms with Crippen LogP contribution in [0, 0.1) is 0 Å². The van der Waals surface area contributed by atoms with Crippen molar-refractivity contribution in [3.63, 3.8) is 0 Å². The minimum Gasteiger partial charge on any atom is -0.809 e. The molecule has 0 spiro atoms. The third-order valence-corrected chi connectivity index (χ3v) is 2.70. The van der Waals surface area contributed by atoms with E-state index >= 15 is 0 Å². The summed E-state index contributed by atoms with van der Waals surface area (Å²) in [7, 11) is 0. The number of hydrogen-bond donors (Lipinski definition) is 0. The van der Waals surface area contributed by atoms with Crippen molar-refractivity contribution < 1.29 is 32.7 Å². The van der Waals surface area contributed by atoms with Crippen molar-refractivity contribution in [3.05, 3.63) is 60.8 Å². The first kappa shape index (κ1) is 13.8. The number of hydrogen-bond acceptors (Lipinski definition) is 3. The molecule has 0 bridgehead atoms. The number of rotatable bonds is 4. The minimum atomic E-state index is -1.14. The number of aromatic nitrogens is 6. The van der Waals surface area contributed by atoms with Crippen LogP contribution in [-0.2, 0) is 38.5 Å². The van der Waals surface area contributed by atoms with Crippen molar-refractivity contribution in [1.82, 2.24) is 29.3 Å². The van der Waals surface area contributed by atoms with Gasteiger partial charge in [-0.1, -0.05) is 0 Å². The summed E-state index contributed by atoms with van der Waals surface area (Å²) in [6.07, 6.45) is 11.1. The maximum atomic E-state index is 9.78. The van der Waals surface area contributed by atoms with Crippen LogP contribution >= 0.6 is 0 Å². The molecule has 3 aromatic rings. The van der Waals surface area contributed by atoms with Gasteiger partial charge < -0.3 is 5.41 Å². The predicted molar refractivity (Wildman–Crippen MR) is 64.9 cm³/mol. The summed E-state index contributed by atoms with van der Waals surface area (Å²) in [4.78, 5) is 0. The summed E-state index contributed by atoms with van der Waals surface area (Å²) >= 11 is 0. The summed E-state index contributed by atoms with van der Waals surface area (Å²) in [6, 6.07) is 5.31. The molecule has 3 rings (SSSR count). The minimum absolute atomic E-state index is 0. The quantitative estimate of drug-likeness (QED) is 0.659. The second-order valence-electron chi connectivity index (χ2n) is 3.67. The van der Waals surface area contributed by atoms with Crippen molar-refractivity contribution in [3.8, 4) is 0 Å². The monoisotopic (exact) mass is 329 g/mol. The molecule has 7 nitrogen and oxygen atoms in total. The molecule has 8 heteroatoms. The average molecular weight is 329 g/mol. The molecule has 0 unspecified atom stereocenters. The molecule has 0 aliphatic heterocycles. The first-order chi connectivity index (χ1) is 8.88. The van der Waals surface area contributed by atoms with E-state index in [0.717, 1.165) is 6.21 Å². The zero-order valence-corrected chi connectivity index (χ0v) is 12.8. The summed E-state index contributed by atoms with van der Waals surface area (Å²) in [5.41, 5.74) is 0. The largest absolute Gasteiger partial charge is 0.809 e. The molecule has 0 aliphatic carbocycles. The molecule has 0 atom stereocenters. The molecule has 0 aliphatic rings. The summed E-state index contributed by atoms with van der Waals surface area (Å²) in [5.74, 6) is -1.14. The van der Waals surface area contributed by atoms with Crippen LogP contribution in [0.3, 0.4) is 0 Å². The van der Waals surface area contributed by atoms with Crippen LogP contribution in [-0.4, -0.2) is 35.6 Å². The fourth-order valence-corrected chi connectivity index (χ4v) is 1.88. The Balaban J connectivity index is 0.00000133. The SMILES string of the molecule is [N-]=CC(n1cccn1)(n1cccn1)n1cccn1.[Y]. The van der Waals surface area contributed by atoms with E-state index in [1.54, 1.807) is 69.4 Å². The second kappa shape index (κ2) is 5.58. The van der Waals surface area contributed by atoms with Crippen molar-refractivity contribution in [1.29, 1.82) is 0 Å². The van der Waals surface area contributed by atoms with Crippen molar-refractivity contribution in [2.24, 2.45) is 0 Å². The van der Waals surface area contributed by atoms with E-state index in [9.17, 15) is 5.41 Å². The molecule has 1 radical (unpaired) electrons. The molecule has 0 saturated heterocycles. The van der Waals surface area contributed by atoms with Gasteiger partial charge in [-0.25, -0.2) is 14.0 Å². The molecule has 0 N–H and O–H groups in total. The van der Waals surface area contributed by atoms with E-state index < -0.39 is 5.79 Å². The van der Waals surface area contributed by atoms with Crippen molar-refractivity contribution in [2.45, 2.75) is 5.79 Å². The molecule has 0 amide bonds. The third kappa shape index (κ3) is 2.08. The Hall–Kier alpha value is -1.60. The van der Waals surface area contributed by atoms with E-state index in [0.29, 0.717) is 0 Å². The number of nitrogens with zero attached hydrogens (tertiary/aromatic N) is 7. The van der Waals surface area contributed by atoms with Crippen LogP contribution < -0.4 is 0 Å². The van der Waals surface area contributed by atoms with Gasteiger partial charge in [-0.15, -0.1) is 6.21 Å². The van der Waals surface area contributed by atoms with Crippen molar-refractivity contribution >= 4 is 6.21 Å². The molecule has 3 heterocycles. The third-order valence-electron chi connectivity index (χ3n) is 2.70. The van der Waals surface area contributed by atoms with Gasteiger partial charge in [0.1, 0.15) is 0 Å². The first-order valence-electron chi connectivity index (χ1n) is 5.37. The molecule has 93 valence electrons. The fraction of sp³-hybridized carbons (Fsp3) is 0.0909. The molecule has 0 saturated carbocycles. The van der Waals surface area contributed by atoms with Gasteiger partial charge in [0.25, 0.3) is 0 Å². The van der Waals surface area contributed by atoms with Gasteiger partial charge >= 0.3 is 0 Å². The molecular formula is C11H10N7Y-. The Morgan fingerprint density at radius 2 is 1.16 bits per heavy atom. The van der Waals surface area contributed by atoms with Crippen LogP contribution in [0.2, 0.25) is 0 Å². The molecule has 19 heavy (non-hydrogen) atoms. The van der Waals surface area contributed by atoms with Crippen LogP contribution in [0.25, 0.3) is 5.41 Å². The van der Waals surface area contributed by atoms with Gasteiger partial charge in [0, 0.05) is 69.9 Å². The molecule has 0 fully saturated rings. The Morgan fingerprint density at radius 1 is 0.789 bits per heavy atom. The first-order valence-corrected chi connectivity index (χ1v) is 5.37. The van der Waals surface area contributed by atoms with E-state index in [2.05, 4.69) is 15.3 Å². The smallest absolute Gasteiger partial charge is 0.247 e. The van der Waals surface area contributed by atoms with Gasteiger partial charge in [0.05, 0.1) is 0 Å². The Bertz CT molecular complexity index is 528. The molecular weight excluding hydrogens is 319 g/mol. The molecule has 0 aromatic carbocycles. The van der Waals surface area contributed by atoms with Crippen LogP contribution in [0.4, 0.5) is 0 Å². The van der Waals surface area contributed by atoms with E-state index in [-0.39, 0.29) is 32.7 Å². The van der Waals surface area contributed by atoms with E-state index in [4.69, 9.17) is 0 Å². The maximum Gasteiger partial charge on any atom is 0.247 e. The van der Waals surface area contributed by atoms with Gasteiger partial charge in [-0.2, -0.15) is 15.3 Å². The summed E-state index contributed by atoms with van der Waals surface area (Å²) < 4.78 is 4.69. The summed E-state index contributed by atoms with van der Waals surface area (Å²) in [6.45, 7) is 0. The topological polar surface area (TPSA) is 75.8 Å². The normalized spacial score (nSPS) is 10.9. The average Bonchev–Trinajstić information content (AvgIpc) is 3.16. The fourth-order valence-electron chi connectivity index (χ4n) is 1.88. The van der Waals surface area contributed by atoms with Crippen molar-refractivity contribution in [2.75, 3.05) is 0 Å². The van der Waals surface area contributed by atoms with E-state index in [1.807, 2.05) is 0 Å². The van der Waals surface area contributed by atoms with Crippen LogP contribution in [0.5, 0.6) is 0 Å².